The first-order chi connectivity index (χ1) is 8.59. The van der Waals surface area contributed by atoms with Crippen molar-refractivity contribution < 1.29 is 8.42 Å². The zero-order chi connectivity index (χ0) is 13.0. The molecular formula is C13H18N2O2S. The van der Waals surface area contributed by atoms with Crippen molar-refractivity contribution in [2.75, 3.05) is 12.3 Å². The van der Waals surface area contributed by atoms with Crippen LogP contribution in [-0.4, -0.2) is 15.0 Å². The van der Waals surface area contributed by atoms with Gasteiger partial charge in [-0.05, 0) is 37.8 Å². The maximum atomic E-state index is 12.0. The van der Waals surface area contributed by atoms with E-state index in [9.17, 15) is 8.42 Å². The topological polar surface area (TPSA) is 72.2 Å². The van der Waals surface area contributed by atoms with Crippen molar-refractivity contribution in [1.29, 1.82) is 0 Å². The maximum absolute atomic E-state index is 12.0. The largest absolute Gasteiger partial charge is 0.398 e. The number of para-hydroxylation sites is 1. The van der Waals surface area contributed by atoms with E-state index in [4.69, 9.17) is 5.73 Å². The van der Waals surface area contributed by atoms with Crippen LogP contribution in [0.4, 0.5) is 5.69 Å². The molecule has 0 bridgehead atoms. The molecule has 0 heterocycles. The second-order valence-electron chi connectivity index (χ2n) is 4.44. The number of anilines is 1. The van der Waals surface area contributed by atoms with Gasteiger partial charge in [0.05, 0.1) is 5.69 Å². The molecule has 0 aliphatic heterocycles. The molecule has 0 saturated carbocycles. The van der Waals surface area contributed by atoms with Crippen LogP contribution in [-0.2, 0) is 10.0 Å². The standard InChI is InChI=1S/C13H18N2O2S/c14-12-7-3-4-8-13(12)18(16,17)15-10-9-11-5-1-2-6-11/h3-5,7-8,15H,1-2,6,9-10,14H2. The van der Waals surface area contributed by atoms with E-state index < -0.39 is 10.0 Å². The molecule has 4 nitrogen and oxygen atoms in total. The summed E-state index contributed by atoms with van der Waals surface area (Å²) in [6.07, 6.45) is 6.38. The molecule has 2 rings (SSSR count). The first kappa shape index (κ1) is 13.1. The van der Waals surface area contributed by atoms with E-state index in [1.165, 1.54) is 18.1 Å². The highest BCUT2D eigenvalue weighted by Crippen LogP contribution is 2.21. The molecule has 1 aliphatic carbocycles. The average molecular weight is 266 g/mol. The third-order valence-electron chi connectivity index (χ3n) is 3.08. The van der Waals surface area contributed by atoms with Crippen LogP contribution in [0.25, 0.3) is 0 Å². The van der Waals surface area contributed by atoms with Crippen molar-refractivity contribution in [2.45, 2.75) is 30.6 Å². The maximum Gasteiger partial charge on any atom is 0.242 e. The summed E-state index contributed by atoms with van der Waals surface area (Å²) in [6.45, 7) is 0.433. The van der Waals surface area contributed by atoms with Crippen LogP contribution in [0, 0.1) is 0 Å². The van der Waals surface area contributed by atoms with Gasteiger partial charge in [-0.2, -0.15) is 0 Å². The number of hydrogen-bond donors (Lipinski definition) is 2. The Bertz CT molecular complexity index is 550. The fourth-order valence-electron chi connectivity index (χ4n) is 2.11. The number of allylic oxidation sites excluding steroid dienone is 1. The molecule has 5 heteroatoms. The SMILES string of the molecule is Nc1ccccc1S(=O)(=O)NCCC1=CCCC1. The number of hydrogen-bond acceptors (Lipinski definition) is 3. The van der Waals surface area contributed by atoms with Gasteiger partial charge in [-0.3, -0.25) is 0 Å². The zero-order valence-electron chi connectivity index (χ0n) is 10.2. The highest BCUT2D eigenvalue weighted by atomic mass is 32.2. The molecular weight excluding hydrogens is 248 g/mol. The molecule has 0 aromatic heterocycles. The van der Waals surface area contributed by atoms with E-state index in [0.29, 0.717) is 6.54 Å². The van der Waals surface area contributed by atoms with Crippen LogP contribution >= 0.6 is 0 Å². The summed E-state index contributed by atoms with van der Waals surface area (Å²) in [5, 5.41) is 0. The summed E-state index contributed by atoms with van der Waals surface area (Å²) in [5.41, 5.74) is 7.30. The first-order valence-electron chi connectivity index (χ1n) is 6.12. The van der Waals surface area contributed by atoms with Crippen molar-refractivity contribution >= 4 is 15.7 Å². The Morgan fingerprint density at radius 2 is 2.06 bits per heavy atom. The molecule has 1 aliphatic rings. The number of sulfonamides is 1. The lowest BCUT2D eigenvalue weighted by Crippen LogP contribution is -2.25. The molecule has 1 aromatic rings. The Kier molecular flexibility index (Phi) is 4.04. The number of nitrogen functional groups attached to an aromatic ring is 1. The fraction of sp³-hybridized carbons (Fsp3) is 0.385. The highest BCUT2D eigenvalue weighted by molar-refractivity contribution is 7.89. The van der Waals surface area contributed by atoms with E-state index in [1.54, 1.807) is 18.2 Å². The third-order valence-corrected chi connectivity index (χ3v) is 4.62. The Balaban J connectivity index is 1.97. The van der Waals surface area contributed by atoms with Crippen molar-refractivity contribution in [1.82, 2.24) is 4.72 Å². The van der Waals surface area contributed by atoms with Crippen LogP contribution in [0.3, 0.4) is 0 Å². The van der Waals surface area contributed by atoms with Crippen molar-refractivity contribution in [2.24, 2.45) is 0 Å². The lowest BCUT2D eigenvalue weighted by Gasteiger charge is -2.09. The second-order valence-corrected chi connectivity index (χ2v) is 6.18. The van der Waals surface area contributed by atoms with Gasteiger partial charge in [0, 0.05) is 6.54 Å². The first-order valence-corrected chi connectivity index (χ1v) is 7.60. The fourth-order valence-corrected chi connectivity index (χ4v) is 3.28. The quantitative estimate of drug-likeness (QED) is 0.633. The normalized spacial score (nSPS) is 15.7. The number of nitrogens with one attached hydrogen (secondary N) is 1. The Hall–Kier alpha value is -1.33. The Morgan fingerprint density at radius 1 is 1.28 bits per heavy atom. The summed E-state index contributed by atoms with van der Waals surface area (Å²) in [7, 11) is -3.48. The lowest BCUT2D eigenvalue weighted by molar-refractivity contribution is 0.581. The molecule has 0 saturated heterocycles. The minimum absolute atomic E-state index is 0.158. The number of nitrogens with two attached hydrogens (primary N) is 1. The molecule has 0 radical (unpaired) electrons. The highest BCUT2D eigenvalue weighted by Gasteiger charge is 2.16. The zero-order valence-corrected chi connectivity index (χ0v) is 11.0. The monoisotopic (exact) mass is 266 g/mol. The van der Waals surface area contributed by atoms with Gasteiger partial charge in [-0.15, -0.1) is 0 Å². The van der Waals surface area contributed by atoms with Crippen LogP contribution in [0.2, 0.25) is 0 Å². The average Bonchev–Trinajstić information content (AvgIpc) is 2.82. The minimum atomic E-state index is -3.48. The molecule has 3 N–H and O–H groups in total. The second kappa shape index (κ2) is 5.54. The minimum Gasteiger partial charge on any atom is -0.398 e. The van der Waals surface area contributed by atoms with E-state index in [1.807, 2.05) is 0 Å². The lowest BCUT2D eigenvalue weighted by atomic mass is 10.2. The molecule has 0 amide bonds. The van der Waals surface area contributed by atoms with Crippen LogP contribution in [0.5, 0.6) is 0 Å². The van der Waals surface area contributed by atoms with Gasteiger partial charge in [-0.25, -0.2) is 13.1 Å². The van der Waals surface area contributed by atoms with E-state index in [-0.39, 0.29) is 10.6 Å². The van der Waals surface area contributed by atoms with Crippen LogP contribution in [0.15, 0.2) is 40.8 Å². The summed E-state index contributed by atoms with van der Waals surface area (Å²) >= 11 is 0. The molecule has 98 valence electrons. The Morgan fingerprint density at radius 3 is 2.72 bits per heavy atom. The van der Waals surface area contributed by atoms with Gasteiger partial charge < -0.3 is 5.73 Å². The predicted molar refractivity (Wildman–Crippen MR) is 72.6 cm³/mol. The predicted octanol–water partition coefficient (Wildman–Crippen LogP) is 2.05. The Labute approximate surface area is 108 Å². The molecule has 0 unspecified atom stereocenters. The van der Waals surface area contributed by atoms with Gasteiger partial charge in [0.15, 0.2) is 0 Å². The third kappa shape index (κ3) is 3.11. The van der Waals surface area contributed by atoms with E-state index in [0.717, 1.165) is 19.3 Å². The van der Waals surface area contributed by atoms with E-state index >= 15 is 0 Å². The molecule has 1 aromatic carbocycles. The van der Waals surface area contributed by atoms with Crippen LogP contribution < -0.4 is 10.5 Å². The van der Waals surface area contributed by atoms with Gasteiger partial charge in [0.1, 0.15) is 4.90 Å². The van der Waals surface area contributed by atoms with Gasteiger partial charge in [0.2, 0.25) is 10.0 Å². The number of rotatable bonds is 5. The van der Waals surface area contributed by atoms with Gasteiger partial charge in [0.25, 0.3) is 0 Å². The van der Waals surface area contributed by atoms with Crippen molar-refractivity contribution in [3.63, 3.8) is 0 Å². The summed E-state index contributed by atoms with van der Waals surface area (Å²) in [4.78, 5) is 0.158. The van der Waals surface area contributed by atoms with Crippen molar-refractivity contribution in [3.05, 3.63) is 35.9 Å². The van der Waals surface area contributed by atoms with Crippen LogP contribution in [0.1, 0.15) is 25.7 Å². The summed E-state index contributed by atoms with van der Waals surface area (Å²) < 4.78 is 26.6. The molecule has 0 fully saturated rings. The molecule has 0 spiro atoms. The summed E-state index contributed by atoms with van der Waals surface area (Å²) in [6, 6.07) is 6.50. The summed E-state index contributed by atoms with van der Waals surface area (Å²) in [5.74, 6) is 0. The number of benzene rings is 1. The smallest absolute Gasteiger partial charge is 0.242 e. The molecule has 18 heavy (non-hydrogen) atoms. The van der Waals surface area contributed by atoms with Gasteiger partial charge in [-0.1, -0.05) is 23.8 Å². The van der Waals surface area contributed by atoms with E-state index in [2.05, 4.69) is 10.8 Å². The molecule has 0 atom stereocenters. The van der Waals surface area contributed by atoms with Gasteiger partial charge >= 0.3 is 0 Å². The van der Waals surface area contributed by atoms with Crippen molar-refractivity contribution in [3.8, 4) is 0 Å².